The predicted molar refractivity (Wildman–Crippen MR) is 97.4 cm³/mol. The number of nitrogens with one attached hydrogen (secondary N) is 2. The number of carboxylic acids is 1. The Morgan fingerprint density at radius 1 is 1.10 bits per heavy atom. The van der Waals surface area contributed by atoms with Gasteiger partial charge >= 0.3 is 5.97 Å². The van der Waals surface area contributed by atoms with Crippen LogP contribution in [-0.4, -0.2) is 105 Å². The third-order valence-corrected chi connectivity index (χ3v) is 4.85. The minimum atomic E-state index is -2.35. The summed E-state index contributed by atoms with van der Waals surface area (Å²) < 4.78 is 19.4. The Hall–Kier alpha value is -1.90. The second-order valence-corrected chi connectivity index (χ2v) is 7.25. The van der Waals surface area contributed by atoms with Gasteiger partial charge in [0.25, 0.3) is 11.8 Å². The van der Waals surface area contributed by atoms with E-state index >= 15 is 0 Å². The van der Waals surface area contributed by atoms with Gasteiger partial charge in [0.15, 0.2) is 6.04 Å². The minimum Gasteiger partial charge on any atom is -0.480 e. The third kappa shape index (κ3) is 7.11. The van der Waals surface area contributed by atoms with Crippen molar-refractivity contribution in [3.8, 4) is 0 Å². The number of carbonyl (C=O) groups excluding carboxylic acids is 2. The molecule has 10 N–H and O–H groups in total. The smallest absolute Gasteiger partial charge is 0.325 e. The van der Waals surface area contributed by atoms with Crippen LogP contribution in [0.25, 0.3) is 0 Å². The normalized spacial score (nSPS) is 29.5. The van der Waals surface area contributed by atoms with Gasteiger partial charge in [-0.05, 0) is 19.8 Å². The van der Waals surface area contributed by atoms with Crippen LogP contribution >= 0.6 is 0 Å². The molecule has 0 aromatic rings. The van der Waals surface area contributed by atoms with Crippen molar-refractivity contribution in [2.24, 2.45) is 0 Å². The van der Waals surface area contributed by atoms with Crippen molar-refractivity contribution in [3.63, 3.8) is 0 Å². The van der Waals surface area contributed by atoms with Gasteiger partial charge in [0, 0.05) is 13.0 Å². The minimum absolute atomic E-state index is 0.0521. The van der Waals surface area contributed by atoms with Gasteiger partial charge in [-0.3, -0.25) is 14.4 Å². The number of hydrogen-bond acceptors (Lipinski definition) is 8. The zero-order valence-corrected chi connectivity index (χ0v) is 16.6. The third-order valence-electron chi connectivity index (χ3n) is 4.85. The standard InChI is InChI=1S/C17H30FN3O9/c1-7(17(28)29)21-15(26)8(19)4-2-3-5-20-16(27)10(18)14-13(25)12(24)11(23)9(6-22)30-14/h7-14,22-25H,2-6,19H2,1H3,(H,20,27)(H,21,26)(H,28,29)/p+1/t7?,8?,9-,10?,11-,12+,13-,14+/m1/s1. The van der Waals surface area contributed by atoms with E-state index in [1.165, 1.54) is 6.92 Å². The molecule has 2 amide bonds. The Bertz CT molecular complexity index is 595. The molecule has 1 heterocycles. The van der Waals surface area contributed by atoms with Crippen LogP contribution in [-0.2, 0) is 19.1 Å². The number of carboxylic acid groups (broad SMARTS) is 1. The van der Waals surface area contributed by atoms with Crippen LogP contribution in [0.2, 0.25) is 0 Å². The molecule has 30 heavy (non-hydrogen) atoms. The first-order valence-electron chi connectivity index (χ1n) is 9.59. The Morgan fingerprint density at radius 2 is 1.73 bits per heavy atom. The number of quaternary nitrogens is 1. The van der Waals surface area contributed by atoms with E-state index in [0.717, 1.165) is 0 Å². The first kappa shape index (κ1) is 26.1. The van der Waals surface area contributed by atoms with Gasteiger partial charge in [-0.25, -0.2) is 4.39 Å². The molecule has 13 heteroatoms. The van der Waals surface area contributed by atoms with Crippen LogP contribution in [0.5, 0.6) is 0 Å². The summed E-state index contributed by atoms with van der Waals surface area (Å²) in [6.45, 7) is 0.642. The number of aliphatic hydroxyl groups is 4. The number of amides is 2. The van der Waals surface area contributed by atoms with E-state index in [0.29, 0.717) is 19.3 Å². The summed E-state index contributed by atoms with van der Waals surface area (Å²) in [4.78, 5) is 34.4. The second kappa shape index (κ2) is 12.1. The summed E-state index contributed by atoms with van der Waals surface area (Å²) in [6.07, 6.45) is -9.57. The lowest BCUT2D eigenvalue weighted by Gasteiger charge is -2.40. The fraction of sp³-hybridized carbons (Fsp3) is 0.824. The number of halogens is 1. The van der Waals surface area contributed by atoms with E-state index in [9.17, 15) is 34.1 Å². The maximum Gasteiger partial charge on any atom is 0.325 e. The largest absolute Gasteiger partial charge is 0.480 e. The fourth-order valence-electron chi connectivity index (χ4n) is 2.87. The highest BCUT2D eigenvalue weighted by Gasteiger charge is 2.48. The van der Waals surface area contributed by atoms with Crippen molar-refractivity contribution in [2.75, 3.05) is 13.2 Å². The molecule has 0 aliphatic carbocycles. The molecule has 3 unspecified atom stereocenters. The average Bonchev–Trinajstić information content (AvgIpc) is 2.70. The molecule has 1 rings (SSSR count). The van der Waals surface area contributed by atoms with Crippen LogP contribution in [0.15, 0.2) is 0 Å². The summed E-state index contributed by atoms with van der Waals surface area (Å²) in [6, 6.07) is -1.73. The van der Waals surface area contributed by atoms with Gasteiger partial charge in [-0.1, -0.05) is 0 Å². The molecule has 0 saturated carbocycles. The van der Waals surface area contributed by atoms with Crippen molar-refractivity contribution in [1.29, 1.82) is 0 Å². The molecule has 0 aromatic heterocycles. The molecular formula is C17H31FN3O9+. The number of aliphatic carboxylic acids is 1. The Labute approximate surface area is 172 Å². The molecular weight excluding hydrogens is 409 g/mol. The van der Waals surface area contributed by atoms with Gasteiger partial charge in [0.1, 0.15) is 36.6 Å². The van der Waals surface area contributed by atoms with Crippen LogP contribution < -0.4 is 16.4 Å². The SMILES string of the molecule is CC(NC(=O)C([NH3+])CCCCNC(=O)C(F)[C@@H]1O[C@H](CO)[C@@H](O)[C@H](O)[C@H]1O)C(=O)O. The van der Waals surface area contributed by atoms with Crippen molar-refractivity contribution in [2.45, 2.75) is 75.0 Å². The molecule has 0 bridgehead atoms. The first-order valence-corrected chi connectivity index (χ1v) is 9.59. The zero-order valence-electron chi connectivity index (χ0n) is 16.6. The van der Waals surface area contributed by atoms with Gasteiger partial charge in [-0.15, -0.1) is 0 Å². The molecule has 12 nitrogen and oxygen atoms in total. The Balaban J connectivity index is 2.37. The van der Waals surface area contributed by atoms with Crippen molar-refractivity contribution in [1.82, 2.24) is 10.6 Å². The topological polar surface area (TPSA) is 213 Å². The molecule has 1 saturated heterocycles. The summed E-state index contributed by atoms with van der Waals surface area (Å²) >= 11 is 0. The van der Waals surface area contributed by atoms with Crippen LogP contribution in [0.3, 0.4) is 0 Å². The molecule has 0 spiro atoms. The number of ether oxygens (including phenoxy) is 1. The first-order chi connectivity index (χ1) is 14.0. The van der Waals surface area contributed by atoms with E-state index in [1.807, 2.05) is 0 Å². The fourth-order valence-corrected chi connectivity index (χ4v) is 2.87. The molecule has 1 aliphatic heterocycles. The van der Waals surface area contributed by atoms with Crippen molar-refractivity contribution < 1.29 is 54.8 Å². The van der Waals surface area contributed by atoms with Gasteiger partial charge in [0.2, 0.25) is 6.17 Å². The highest BCUT2D eigenvalue weighted by Crippen LogP contribution is 2.24. The lowest BCUT2D eigenvalue weighted by Crippen LogP contribution is -2.68. The van der Waals surface area contributed by atoms with Crippen LogP contribution in [0.4, 0.5) is 4.39 Å². The maximum absolute atomic E-state index is 14.4. The highest BCUT2D eigenvalue weighted by atomic mass is 19.1. The summed E-state index contributed by atoms with van der Waals surface area (Å²) in [5.74, 6) is -2.78. The highest BCUT2D eigenvalue weighted by molar-refractivity contribution is 5.85. The number of carbonyl (C=O) groups is 3. The van der Waals surface area contributed by atoms with Crippen molar-refractivity contribution >= 4 is 17.8 Å². The second-order valence-electron chi connectivity index (χ2n) is 7.25. The predicted octanol–water partition coefficient (Wildman–Crippen LogP) is -4.35. The number of rotatable bonds is 11. The molecule has 1 aliphatic rings. The number of unbranched alkanes of at least 4 members (excludes halogenated alkanes) is 1. The lowest BCUT2D eigenvalue weighted by atomic mass is 9.92. The van der Waals surface area contributed by atoms with E-state index in [-0.39, 0.29) is 6.54 Å². The average molecular weight is 440 g/mol. The summed E-state index contributed by atoms with van der Waals surface area (Å²) in [5.41, 5.74) is 3.65. The van der Waals surface area contributed by atoms with Gasteiger partial charge < -0.3 is 46.6 Å². The van der Waals surface area contributed by atoms with Crippen LogP contribution in [0.1, 0.15) is 26.2 Å². The van der Waals surface area contributed by atoms with E-state index < -0.39 is 73.2 Å². The maximum atomic E-state index is 14.4. The van der Waals surface area contributed by atoms with Gasteiger partial charge in [-0.2, -0.15) is 0 Å². The van der Waals surface area contributed by atoms with E-state index in [2.05, 4.69) is 16.4 Å². The molecule has 1 fully saturated rings. The number of aliphatic hydroxyl groups excluding tert-OH is 4. The Morgan fingerprint density at radius 3 is 2.30 bits per heavy atom. The van der Waals surface area contributed by atoms with E-state index in [1.54, 1.807) is 0 Å². The molecule has 0 aromatic carbocycles. The summed E-state index contributed by atoms with van der Waals surface area (Å²) in [7, 11) is 0. The van der Waals surface area contributed by atoms with Crippen molar-refractivity contribution in [3.05, 3.63) is 0 Å². The van der Waals surface area contributed by atoms with Gasteiger partial charge in [0.05, 0.1) is 6.61 Å². The summed E-state index contributed by atoms with van der Waals surface area (Å²) in [5, 5.41) is 51.6. The number of alkyl halides is 1. The molecule has 8 atom stereocenters. The quantitative estimate of drug-likeness (QED) is 0.146. The zero-order chi connectivity index (χ0) is 23.0. The Kier molecular flexibility index (Phi) is 10.5. The molecule has 0 radical (unpaired) electrons. The monoisotopic (exact) mass is 440 g/mol. The van der Waals surface area contributed by atoms with E-state index in [4.69, 9.17) is 14.9 Å². The lowest BCUT2D eigenvalue weighted by molar-refractivity contribution is -0.405. The van der Waals surface area contributed by atoms with Crippen LogP contribution in [0, 0.1) is 0 Å². The molecule has 174 valence electrons. The number of hydrogen-bond donors (Lipinski definition) is 8.